The number of hydrogen-bond acceptors (Lipinski definition) is 2. The van der Waals surface area contributed by atoms with Crippen molar-refractivity contribution in [2.45, 2.75) is 44.2 Å². The van der Waals surface area contributed by atoms with Gasteiger partial charge in [0.1, 0.15) is 0 Å². The molecule has 0 atom stereocenters. The second kappa shape index (κ2) is 5.33. The Kier molecular flexibility index (Phi) is 4.33. The van der Waals surface area contributed by atoms with Crippen LogP contribution in [0.5, 0.6) is 0 Å². The van der Waals surface area contributed by atoms with Crippen LogP contribution in [0.25, 0.3) is 0 Å². The van der Waals surface area contributed by atoms with Crippen LogP contribution in [0.3, 0.4) is 0 Å². The fourth-order valence-corrected chi connectivity index (χ4v) is 1.67. The zero-order valence-electron chi connectivity index (χ0n) is 7.63. The third-order valence-electron chi connectivity index (χ3n) is 2.48. The molecule has 12 heavy (non-hydrogen) atoms. The molecule has 0 aromatic carbocycles. The zero-order valence-corrected chi connectivity index (χ0v) is 7.63. The van der Waals surface area contributed by atoms with Gasteiger partial charge in [0.25, 0.3) is 0 Å². The summed E-state index contributed by atoms with van der Waals surface area (Å²) in [5, 5.41) is 12.7. The molecule has 1 aliphatic carbocycles. The normalized spacial score (nSPS) is 30.1. The first-order valence-corrected chi connectivity index (χ1v) is 4.85. The van der Waals surface area contributed by atoms with Gasteiger partial charge in [-0.1, -0.05) is 6.08 Å². The van der Waals surface area contributed by atoms with Gasteiger partial charge in [0.2, 0.25) is 0 Å². The SMILES string of the molecule is C=CCCN[C@H]1CC[C@@H](O)CC1. The Morgan fingerprint density at radius 1 is 1.33 bits per heavy atom. The highest BCUT2D eigenvalue weighted by atomic mass is 16.3. The van der Waals surface area contributed by atoms with Crippen molar-refractivity contribution in [3.63, 3.8) is 0 Å². The van der Waals surface area contributed by atoms with E-state index in [1.54, 1.807) is 0 Å². The van der Waals surface area contributed by atoms with Crippen LogP contribution in [-0.4, -0.2) is 23.8 Å². The Bertz CT molecular complexity index is 128. The molecule has 2 heteroatoms. The summed E-state index contributed by atoms with van der Waals surface area (Å²) in [6.07, 6.45) is 7.11. The van der Waals surface area contributed by atoms with Crippen LogP contribution in [0, 0.1) is 0 Å². The topological polar surface area (TPSA) is 32.3 Å². The smallest absolute Gasteiger partial charge is 0.0541 e. The van der Waals surface area contributed by atoms with E-state index in [0.29, 0.717) is 6.04 Å². The predicted octanol–water partition coefficient (Wildman–Crippen LogP) is 1.46. The van der Waals surface area contributed by atoms with Gasteiger partial charge < -0.3 is 10.4 Å². The van der Waals surface area contributed by atoms with Crippen LogP contribution in [0.4, 0.5) is 0 Å². The molecule has 1 saturated carbocycles. The summed E-state index contributed by atoms with van der Waals surface area (Å²) in [5.74, 6) is 0. The maximum atomic E-state index is 9.25. The predicted molar refractivity (Wildman–Crippen MR) is 51.1 cm³/mol. The standard InChI is InChI=1S/C10H19NO/c1-2-3-8-11-9-4-6-10(12)7-5-9/h2,9-12H,1,3-8H2/t9-,10+. The summed E-state index contributed by atoms with van der Waals surface area (Å²) in [7, 11) is 0. The second-order valence-corrected chi connectivity index (χ2v) is 3.54. The second-order valence-electron chi connectivity index (χ2n) is 3.54. The van der Waals surface area contributed by atoms with Crippen molar-refractivity contribution in [3.05, 3.63) is 12.7 Å². The first-order valence-electron chi connectivity index (χ1n) is 4.85. The van der Waals surface area contributed by atoms with E-state index in [-0.39, 0.29) is 6.10 Å². The summed E-state index contributed by atoms with van der Waals surface area (Å²) in [6.45, 7) is 4.71. The fourth-order valence-electron chi connectivity index (χ4n) is 1.67. The molecule has 70 valence electrons. The van der Waals surface area contributed by atoms with E-state index in [1.807, 2.05) is 6.08 Å². The van der Waals surface area contributed by atoms with E-state index in [1.165, 1.54) is 0 Å². The largest absolute Gasteiger partial charge is 0.393 e. The lowest BCUT2D eigenvalue weighted by molar-refractivity contribution is 0.117. The summed E-state index contributed by atoms with van der Waals surface area (Å²) < 4.78 is 0. The van der Waals surface area contributed by atoms with Gasteiger partial charge in [-0.2, -0.15) is 0 Å². The molecule has 0 unspecified atom stereocenters. The number of aliphatic hydroxyl groups is 1. The van der Waals surface area contributed by atoms with Crippen molar-refractivity contribution in [1.29, 1.82) is 0 Å². The van der Waals surface area contributed by atoms with E-state index in [9.17, 15) is 5.11 Å². The quantitative estimate of drug-likeness (QED) is 0.493. The van der Waals surface area contributed by atoms with Gasteiger partial charge >= 0.3 is 0 Å². The molecule has 0 heterocycles. The van der Waals surface area contributed by atoms with Gasteiger partial charge in [-0.15, -0.1) is 6.58 Å². The number of rotatable bonds is 4. The Hall–Kier alpha value is -0.340. The average Bonchev–Trinajstić information content (AvgIpc) is 2.09. The van der Waals surface area contributed by atoms with E-state index >= 15 is 0 Å². The fraction of sp³-hybridized carbons (Fsp3) is 0.800. The van der Waals surface area contributed by atoms with E-state index in [4.69, 9.17) is 0 Å². The lowest BCUT2D eigenvalue weighted by Crippen LogP contribution is -2.34. The third kappa shape index (κ3) is 3.37. The number of hydrogen-bond donors (Lipinski definition) is 2. The molecule has 0 spiro atoms. The summed E-state index contributed by atoms with van der Waals surface area (Å²) in [5.41, 5.74) is 0. The summed E-state index contributed by atoms with van der Waals surface area (Å²) in [4.78, 5) is 0. The van der Waals surface area contributed by atoms with E-state index < -0.39 is 0 Å². The average molecular weight is 169 g/mol. The molecule has 0 saturated heterocycles. The van der Waals surface area contributed by atoms with Crippen molar-refractivity contribution in [3.8, 4) is 0 Å². The lowest BCUT2D eigenvalue weighted by Gasteiger charge is -2.26. The van der Waals surface area contributed by atoms with E-state index in [2.05, 4.69) is 11.9 Å². The summed E-state index contributed by atoms with van der Waals surface area (Å²) in [6, 6.07) is 0.633. The molecule has 2 nitrogen and oxygen atoms in total. The Morgan fingerprint density at radius 3 is 2.58 bits per heavy atom. The van der Waals surface area contributed by atoms with Crippen molar-refractivity contribution in [2.24, 2.45) is 0 Å². The minimum Gasteiger partial charge on any atom is -0.393 e. The maximum Gasteiger partial charge on any atom is 0.0541 e. The summed E-state index contributed by atoms with van der Waals surface area (Å²) >= 11 is 0. The molecule has 0 aliphatic heterocycles. The Balaban J connectivity index is 2.05. The van der Waals surface area contributed by atoms with E-state index in [0.717, 1.165) is 38.6 Å². The maximum absolute atomic E-state index is 9.25. The molecular weight excluding hydrogens is 150 g/mol. The molecule has 1 aliphatic rings. The highest BCUT2D eigenvalue weighted by molar-refractivity contribution is 4.77. The van der Waals surface area contributed by atoms with Gasteiger partial charge in [-0.3, -0.25) is 0 Å². The highest BCUT2D eigenvalue weighted by Gasteiger charge is 2.17. The van der Waals surface area contributed by atoms with Gasteiger partial charge in [-0.05, 0) is 38.6 Å². The van der Waals surface area contributed by atoms with Crippen molar-refractivity contribution < 1.29 is 5.11 Å². The number of aliphatic hydroxyl groups excluding tert-OH is 1. The first-order chi connectivity index (χ1) is 5.83. The molecule has 0 bridgehead atoms. The van der Waals surface area contributed by atoms with Crippen LogP contribution in [0.15, 0.2) is 12.7 Å². The highest BCUT2D eigenvalue weighted by Crippen LogP contribution is 2.17. The van der Waals surface area contributed by atoms with Crippen molar-refractivity contribution in [2.75, 3.05) is 6.54 Å². The van der Waals surface area contributed by atoms with Crippen molar-refractivity contribution in [1.82, 2.24) is 5.32 Å². The minimum atomic E-state index is -0.0394. The molecule has 0 aromatic heterocycles. The Labute approximate surface area is 74.7 Å². The van der Waals surface area contributed by atoms with Crippen LogP contribution in [0.1, 0.15) is 32.1 Å². The molecular formula is C10H19NO. The first kappa shape index (κ1) is 9.75. The molecule has 1 rings (SSSR count). The monoisotopic (exact) mass is 169 g/mol. The van der Waals surface area contributed by atoms with Gasteiger partial charge in [0, 0.05) is 6.04 Å². The van der Waals surface area contributed by atoms with Gasteiger partial charge in [0.05, 0.1) is 6.10 Å². The molecule has 0 amide bonds. The third-order valence-corrected chi connectivity index (χ3v) is 2.48. The number of nitrogens with one attached hydrogen (secondary N) is 1. The molecule has 2 N–H and O–H groups in total. The lowest BCUT2D eigenvalue weighted by atomic mass is 9.93. The van der Waals surface area contributed by atoms with Crippen molar-refractivity contribution >= 4 is 0 Å². The van der Waals surface area contributed by atoms with Gasteiger partial charge in [-0.25, -0.2) is 0 Å². The van der Waals surface area contributed by atoms with Crippen LogP contribution in [0.2, 0.25) is 0 Å². The molecule has 1 fully saturated rings. The van der Waals surface area contributed by atoms with Crippen LogP contribution < -0.4 is 5.32 Å². The Morgan fingerprint density at radius 2 is 2.00 bits per heavy atom. The molecule has 0 radical (unpaired) electrons. The van der Waals surface area contributed by atoms with Crippen LogP contribution >= 0.6 is 0 Å². The van der Waals surface area contributed by atoms with Gasteiger partial charge in [0.15, 0.2) is 0 Å². The van der Waals surface area contributed by atoms with Crippen LogP contribution in [-0.2, 0) is 0 Å². The minimum absolute atomic E-state index is 0.0394. The molecule has 0 aromatic rings. The zero-order chi connectivity index (χ0) is 8.81.